The van der Waals surface area contributed by atoms with Gasteiger partial charge in [0.15, 0.2) is 0 Å². The first-order valence-electron chi connectivity index (χ1n) is 6.25. The largest absolute Gasteiger partial charge is 0.330 e. The van der Waals surface area contributed by atoms with Crippen molar-refractivity contribution in [2.24, 2.45) is 5.73 Å². The summed E-state index contributed by atoms with van der Waals surface area (Å²) in [6, 6.07) is 6.52. The molecule has 2 N–H and O–H groups in total. The molecule has 0 radical (unpaired) electrons. The first-order valence-corrected chi connectivity index (χ1v) is 7.06. The molecule has 0 aliphatic rings. The third-order valence-corrected chi connectivity index (χ3v) is 4.06. The van der Waals surface area contributed by atoms with Crippen LogP contribution in [0.15, 0.2) is 12.1 Å². The molecule has 0 unspecified atom stereocenters. The number of nitrogens with two attached hydrogens (primary N) is 1. The Labute approximate surface area is 117 Å². The Morgan fingerprint density at radius 1 is 1.26 bits per heavy atom. The minimum atomic E-state index is 0.559. The number of rotatable bonds is 3. The van der Waals surface area contributed by atoms with E-state index in [2.05, 4.69) is 44.0 Å². The lowest BCUT2D eigenvalue weighted by atomic mass is 9.97. The number of nitriles is 1. The third-order valence-electron chi connectivity index (χ3n) is 3.05. The van der Waals surface area contributed by atoms with Crippen LogP contribution in [0.5, 0.6) is 0 Å². The first-order chi connectivity index (χ1) is 9.06. The second-order valence-electron chi connectivity index (χ2n) is 4.71. The SMILES string of the molecule is Cc1cc(C)c(-c2nc(CCN)sc2C#N)c(C)c1. The van der Waals surface area contributed by atoms with Gasteiger partial charge >= 0.3 is 0 Å². The van der Waals surface area contributed by atoms with E-state index in [9.17, 15) is 5.26 Å². The van der Waals surface area contributed by atoms with E-state index in [0.29, 0.717) is 11.4 Å². The van der Waals surface area contributed by atoms with Crippen molar-refractivity contribution in [3.8, 4) is 17.3 Å². The lowest BCUT2D eigenvalue weighted by molar-refractivity contribution is 0.954. The highest BCUT2D eigenvalue weighted by molar-refractivity contribution is 7.12. The molecule has 4 heteroatoms. The van der Waals surface area contributed by atoms with Crippen molar-refractivity contribution < 1.29 is 0 Å². The third kappa shape index (κ3) is 2.67. The van der Waals surface area contributed by atoms with Gasteiger partial charge in [0.1, 0.15) is 10.9 Å². The Kier molecular flexibility index (Phi) is 3.98. The topological polar surface area (TPSA) is 62.7 Å². The van der Waals surface area contributed by atoms with E-state index in [1.807, 2.05) is 0 Å². The molecule has 0 amide bonds. The van der Waals surface area contributed by atoms with E-state index >= 15 is 0 Å². The van der Waals surface area contributed by atoms with Crippen LogP contribution in [0.25, 0.3) is 11.3 Å². The summed E-state index contributed by atoms with van der Waals surface area (Å²) in [5, 5.41) is 10.2. The molecule has 1 heterocycles. The van der Waals surface area contributed by atoms with Gasteiger partial charge in [0, 0.05) is 12.0 Å². The van der Waals surface area contributed by atoms with Crippen LogP contribution in [0.4, 0.5) is 0 Å². The normalized spacial score (nSPS) is 10.5. The van der Waals surface area contributed by atoms with Gasteiger partial charge < -0.3 is 5.73 Å². The van der Waals surface area contributed by atoms with Gasteiger partial charge in [-0.2, -0.15) is 5.26 Å². The highest BCUT2D eigenvalue weighted by Gasteiger charge is 2.16. The summed E-state index contributed by atoms with van der Waals surface area (Å²) in [6.07, 6.45) is 0.725. The number of aryl methyl sites for hydroxylation is 3. The van der Waals surface area contributed by atoms with Crippen LogP contribution in [-0.2, 0) is 6.42 Å². The second-order valence-corrected chi connectivity index (χ2v) is 5.79. The minimum absolute atomic E-state index is 0.559. The summed E-state index contributed by atoms with van der Waals surface area (Å²) >= 11 is 1.45. The van der Waals surface area contributed by atoms with Gasteiger partial charge in [-0.1, -0.05) is 17.7 Å². The second kappa shape index (κ2) is 5.52. The molecule has 1 aromatic heterocycles. The fourth-order valence-corrected chi connectivity index (χ4v) is 3.28. The van der Waals surface area contributed by atoms with Crippen LogP contribution >= 0.6 is 11.3 Å². The number of aromatic nitrogens is 1. The van der Waals surface area contributed by atoms with Crippen LogP contribution in [0.3, 0.4) is 0 Å². The molecule has 98 valence electrons. The molecule has 3 nitrogen and oxygen atoms in total. The Hall–Kier alpha value is -1.70. The van der Waals surface area contributed by atoms with Gasteiger partial charge in [0.25, 0.3) is 0 Å². The number of nitrogens with zero attached hydrogens (tertiary/aromatic N) is 2. The molecule has 0 atom stereocenters. The van der Waals surface area contributed by atoms with Gasteiger partial charge in [-0.05, 0) is 38.4 Å². The maximum absolute atomic E-state index is 9.29. The van der Waals surface area contributed by atoms with Crippen molar-refractivity contribution in [1.29, 1.82) is 5.26 Å². The highest BCUT2D eigenvalue weighted by atomic mass is 32.1. The fraction of sp³-hybridized carbons (Fsp3) is 0.333. The fourth-order valence-electron chi connectivity index (χ4n) is 2.39. The predicted molar refractivity (Wildman–Crippen MR) is 79.2 cm³/mol. The zero-order valence-corrected chi connectivity index (χ0v) is 12.3. The zero-order chi connectivity index (χ0) is 14.0. The summed E-state index contributed by atoms with van der Waals surface area (Å²) in [4.78, 5) is 5.29. The van der Waals surface area contributed by atoms with Gasteiger partial charge in [-0.15, -0.1) is 11.3 Å². The van der Waals surface area contributed by atoms with E-state index in [4.69, 9.17) is 5.73 Å². The van der Waals surface area contributed by atoms with Crippen LogP contribution in [0, 0.1) is 32.1 Å². The number of benzene rings is 1. The maximum atomic E-state index is 9.29. The maximum Gasteiger partial charge on any atom is 0.132 e. The van der Waals surface area contributed by atoms with E-state index < -0.39 is 0 Å². The summed E-state index contributed by atoms with van der Waals surface area (Å²) in [7, 11) is 0. The summed E-state index contributed by atoms with van der Waals surface area (Å²) in [6.45, 7) is 6.77. The Morgan fingerprint density at radius 2 is 1.89 bits per heavy atom. The molecular weight excluding hydrogens is 254 g/mol. The average molecular weight is 271 g/mol. The minimum Gasteiger partial charge on any atom is -0.330 e. The van der Waals surface area contributed by atoms with Crippen LogP contribution in [-0.4, -0.2) is 11.5 Å². The lowest BCUT2D eigenvalue weighted by Gasteiger charge is -2.09. The zero-order valence-electron chi connectivity index (χ0n) is 11.4. The van der Waals surface area contributed by atoms with Gasteiger partial charge in [0.05, 0.1) is 10.7 Å². The van der Waals surface area contributed by atoms with Crippen LogP contribution < -0.4 is 5.73 Å². The number of thiazole rings is 1. The predicted octanol–water partition coefficient (Wildman–Crippen LogP) is 3.11. The molecule has 2 rings (SSSR count). The Bertz CT molecular complexity index is 627. The van der Waals surface area contributed by atoms with Crippen LogP contribution in [0.2, 0.25) is 0 Å². The molecule has 0 saturated carbocycles. The molecule has 19 heavy (non-hydrogen) atoms. The van der Waals surface area contributed by atoms with E-state index in [1.165, 1.54) is 28.0 Å². The van der Waals surface area contributed by atoms with Crippen molar-refractivity contribution >= 4 is 11.3 Å². The van der Waals surface area contributed by atoms with Gasteiger partial charge in [0.2, 0.25) is 0 Å². The van der Waals surface area contributed by atoms with E-state index in [1.54, 1.807) is 0 Å². The van der Waals surface area contributed by atoms with Crippen molar-refractivity contribution in [3.63, 3.8) is 0 Å². The van der Waals surface area contributed by atoms with Crippen molar-refractivity contribution in [2.45, 2.75) is 27.2 Å². The monoisotopic (exact) mass is 271 g/mol. The van der Waals surface area contributed by atoms with Crippen LogP contribution in [0.1, 0.15) is 26.6 Å². The first kappa shape index (κ1) is 13.7. The average Bonchev–Trinajstić information content (AvgIpc) is 2.71. The molecule has 0 fully saturated rings. The molecule has 0 saturated heterocycles. The molecule has 0 bridgehead atoms. The molecule has 0 aliphatic heterocycles. The molecule has 0 aliphatic carbocycles. The van der Waals surface area contributed by atoms with Crippen molar-refractivity contribution in [3.05, 3.63) is 38.7 Å². The van der Waals surface area contributed by atoms with Crippen molar-refractivity contribution in [1.82, 2.24) is 4.98 Å². The van der Waals surface area contributed by atoms with E-state index in [-0.39, 0.29) is 0 Å². The molecule has 1 aromatic carbocycles. The number of hydrogen-bond donors (Lipinski definition) is 1. The van der Waals surface area contributed by atoms with Gasteiger partial charge in [-0.25, -0.2) is 4.98 Å². The van der Waals surface area contributed by atoms with Gasteiger partial charge in [-0.3, -0.25) is 0 Å². The molecule has 2 aromatic rings. The molecule has 0 spiro atoms. The lowest BCUT2D eigenvalue weighted by Crippen LogP contribution is -2.02. The molecular formula is C15H17N3S. The summed E-state index contributed by atoms with van der Waals surface area (Å²) in [5.74, 6) is 0. The quantitative estimate of drug-likeness (QED) is 0.933. The number of hydrogen-bond acceptors (Lipinski definition) is 4. The summed E-state index contributed by atoms with van der Waals surface area (Å²) in [5.41, 5.74) is 11.0. The Morgan fingerprint density at radius 3 is 2.42 bits per heavy atom. The standard InChI is InChI=1S/C15H17N3S/c1-9-6-10(2)14(11(3)7-9)15-12(8-17)19-13(18-15)4-5-16/h6-7H,4-5,16H2,1-3H3. The highest BCUT2D eigenvalue weighted by Crippen LogP contribution is 2.33. The van der Waals surface area contributed by atoms with Crippen molar-refractivity contribution in [2.75, 3.05) is 6.54 Å². The summed E-state index contributed by atoms with van der Waals surface area (Å²) < 4.78 is 0. The Balaban J connectivity index is 2.62. The van der Waals surface area contributed by atoms with E-state index in [0.717, 1.165) is 22.7 Å². The smallest absolute Gasteiger partial charge is 0.132 e.